The second-order valence-electron chi connectivity index (χ2n) is 2.81. The first-order chi connectivity index (χ1) is 5.25. The molecule has 0 aliphatic heterocycles. The first-order valence-electron chi connectivity index (χ1n) is 3.71. The molecule has 0 atom stereocenters. The average molecular weight is 167 g/mol. The zero-order valence-corrected chi connectivity index (χ0v) is 7.69. The van der Waals surface area contributed by atoms with Gasteiger partial charge in [0.15, 0.2) is 0 Å². The van der Waals surface area contributed by atoms with Crippen molar-refractivity contribution < 1.29 is 0 Å². The lowest BCUT2D eigenvalue weighted by Gasteiger charge is -2.08. The molecule has 0 fully saturated rings. The van der Waals surface area contributed by atoms with Crippen LogP contribution in [-0.2, 0) is 0 Å². The molecule has 0 aliphatic carbocycles. The highest BCUT2D eigenvalue weighted by atomic mass is 32.2. The van der Waals surface area contributed by atoms with E-state index >= 15 is 0 Å². The van der Waals surface area contributed by atoms with Crippen molar-refractivity contribution in [3.63, 3.8) is 0 Å². The molecule has 0 unspecified atom stereocenters. The van der Waals surface area contributed by atoms with Crippen molar-refractivity contribution in [1.82, 2.24) is 0 Å². The second-order valence-corrected chi connectivity index (χ2v) is 3.49. The maximum absolute atomic E-state index is 5.51. The van der Waals surface area contributed by atoms with Crippen molar-refractivity contribution in [2.45, 2.75) is 24.7 Å². The summed E-state index contributed by atoms with van der Waals surface area (Å²) in [6.07, 6.45) is 0. The van der Waals surface area contributed by atoms with Gasteiger partial charge in [-0.1, -0.05) is 32.0 Å². The first kappa shape index (κ1) is 8.62. The van der Waals surface area contributed by atoms with Crippen LogP contribution in [0.2, 0.25) is 0 Å². The van der Waals surface area contributed by atoms with Crippen LogP contribution in [0.3, 0.4) is 0 Å². The third-order valence-corrected chi connectivity index (χ3v) is 2.29. The normalized spacial score (nSPS) is 10.5. The topological polar surface area (TPSA) is 26.0 Å². The molecule has 0 aromatic heterocycles. The second kappa shape index (κ2) is 3.79. The Kier molecular flexibility index (Phi) is 2.97. The molecule has 0 spiro atoms. The van der Waals surface area contributed by atoms with E-state index < -0.39 is 0 Å². The van der Waals surface area contributed by atoms with E-state index in [9.17, 15) is 0 Å². The van der Waals surface area contributed by atoms with E-state index in [1.807, 2.05) is 6.07 Å². The van der Waals surface area contributed by atoms with Gasteiger partial charge < -0.3 is 0 Å². The predicted molar refractivity (Wildman–Crippen MR) is 50.6 cm³/mol. The zero-order chi connectivity index (χ0) is 8.27. The summed E-state index contributed by atoms with van der Waals surface area (Å²) in [6, 6.07) is 8.25. The van der Waals surface area contributed by atoms with E-state index in [1.165, 1.54) is 22.4 Å². The van der Waals surface area contributed by atoms with Gasteiger partial charge in [0.1, 0.15) is 0 Å². The van der Waals surface area contributed by atoms with Gasteiger partial charge in [-0.25, -0.2) is 0 Å². The first-order valence-corrected chi connectivity index (χ1v) is 4.59. The lowest BCUT2D eigenvalue weighted by molar-refractivity contribution is 0.842. The molecule has 0 bridgehead atoms. The van der Waals surface area contributed by atoms with Crippen LogP contribution in [0.15, 0.2) is 29.2 Å². The van der Waals surface area contributed by atoms with Gasteiger partial charge in [0.25, 0.3) is 0 Å². The number of nitrogens with two attached hydrogens (primary N) is 1. The molecule has 0 radical (unpaired) electrons. The number of hydrogen-bond donors (Lipinski definition) is 1. The summed E-state index contributed by atoms with van der Waals surface area (Å²) in [6.45, 7) is 4.35. The summed E-state index contributed by atoms with van der Waals surface area (Å²) < 4.78 is 0. The minimum Gasteiger partial charge on any atom is -0.274 e. The van der Waals surface area contributed by atoms with Crippen LogP contribution >= 0.6 is 11.9 Å². The van der Waals surface area contributed by atoms with Crippen molar-refractivity contribution >= 4 is 11.9 Å². The monoisotopic (exact) mass is 167 g/mol. The van der Waals surface area contributed by atoms with Gasteiger partial charge in [0, 0.05) is 4.90 Å². The summed E-state index contributed by atoms with van der Waals surface area (Å²) in [4.78, 5) is 1.18. The quantitative estimate of drug-likeness (QED) is 0.685. The van der Waals surface area contributed by atoms with Gasteiger partial charge >= 0.3 is 0 Å². The van der Waals surface area contributed by atoms with Crippen molar-refractivity contribution in [2.75, 3.05) is 0 Å². The molecule has 1 aromatic carbocycles. The third-order valence-electron chi connectivity index (χ3n) is 1.67. The molecule has 0 saturated carbocycles. The highest BCUT2D eigenvalue weighted by Crippen LogP contribution is 2.24. The van der Waals surface area contributed by atoms with E-state index in [1.54, 1.807) is 0 Å². The molecule has 0 saturated heterocycles. The summed E-state index contributed by atoms with van der Waals surface area (Å²) in [5.41, 5.74) is 1.33. The van der Waals surface area contributed by atoms with E-state index in [-0.39, 0.29) is 0 Å². The van der Waals surface area contributed by atoms with Crippen LogP contribution in [0.5, 0.6) is 0 Å². The minimum atomic E-state index is 0.558. The summed E-state index contributed by atoms with van der Waals surface area (Å²) in [7, 11) is 0. The molecular weight excluding hydrogens is 154 g/mol. The molecule has 11 heavy (non-hydrogen) atoms. The molecule has 0 heterocycles. The molecule has 60 valence electrons. The molecule has 1 rings (SSSR count). The Morgan fingerprint density at radius 1 is 1.27 bits per heavy atom. The SMILES string of the molecule is CC(C)c1ccccc1SN. The lowest BCUT2D eigenvalue weighted by atomic mass is 10.0. The highest BCUT2D eigenvalue weighted by Gasteiger charge is 2.03. The molecule has 2 heteroatoms. The fourth-order valence-electron chi connectivity index (χ4n) is 1.06. The Hall–Kier alpha value is -0.470. The summed E-state index contributed by atoms with van der Waals surface area (Å²) >= 11 is 1.32. The van der Waals surface area contributed by atoms with Gasteiger partial charge in [-0.3, -0.25) is 5.14 Å². The maximum Gasteiger partial charge on any atom is 0.0260 e. The average Bonchev–Trinajstić information content (AvgIpc) is 2.04. The Morgan fingerprint density at radius 3 is 2.36 bits per heavy atom. The largest absolute Gasteiger partial charge is 0.274 e. The molecule has 0 aliphatic rings. The van der Waals surface area contributed by atoms with Crippen molar-refractivity contribution in [2.24, 2.45) is 5.14 Å². The maximum atomic E-state index is 5.51. The molecular formula is C9H13NS. The van der Waals surface area contributed by atoms with Gasteiger partial charge in [-0.2, -0.15) is 0 Å². The standard InChI is InChI=1S/C9H13NS/c1-7(2)8-5-3-4-6-9(8)11-10/h3-7H,10H2,1-2H3. The number of hydrogen-bond acceptors (Lipinski definition) is 2. The van der Waals surface area contributed by atoms with Crippen LogP contribution in [0.25, 0.3) is 0 Å². The lowest BCUT2D eigenvalue weighted by Crippen LogP contribution is -1.91. The van der Waals surface area contributed by atoms with Crippen molar-refractivity contribution in [3.8, 4) is 0 Å². The van der Waals surface area contributed by atoms with Gasteiger partial charge in [-0.05, 0) is 29.5 Å². The van der Waals surface area contributed by atoms with Gasteiger partial charge in [-0.15, -0.1) is 0 Å². The predicted octanol–water partition coefficient (Wildman–Crippen LogP) is 2.78. The van der Waals surface area contributed by atoms with E-state index in [2.05, 4.69) is 32.0 Å². The van der Waals surface area contributed by atoms with Gasteiger partial charge in [0.05, 0.1) is 0 Å². The van der Waals surface area contributed by atoms with Crippen LogP contribution in [0, 0.1) is 0 Å². The fourth-order valence-corrected chi connectivity index (χ4v) is 1.66. The molecule has 1 aromatic rings. The van der Waals surface area contributed by atoms with E-state index in [0.29, 0.717) is 5.92 Å². The smallest absolute Gasteiger partial charge is 0.0260 e. The molecule has 1 nitrogen and oxygen atoms in total. The Balaban J connectivity index is 3.02. The van der Waals surface area contributed by atoms with Crippen molar-refractivity contribution in [1.29, 1.82) is 0 Å². The zero-order valence-electron chi connectivity index (χ0n) is 6.87. The highest BCUT2D eigenvalue weighted by molar-refractivity contribution is 7.97. The Morgan fingerprint density at radius 2 is 1.91 bits per heavy atom. The van der Waals surface area contributed by atoms with E-state index in [4.69, 9.17) is 5.14 Å². The number of rotatable bonds is 2. The van der Waals surface area contributed by atoms with Crippen LogP contribution < -0.4 is 5.14 Å². The third kappa shape index (κ3) is 1.98. The van der Waals surface area contributed by atoms with Crippen molar-refractivity contribution in [3.05, 3.63) is 29.8 Å². The summed E-state index contributed by atoms with van der Waals surface area (Å²) in [5, 5.41) is 5.51. The van der Waals surface area contributed by atoms with E-state index in [0.717, 1.165) is 0 Å². The molecule has 2 N–H and O–H groups in total. The summed E-state index contributed by atoms with van der Waals surface area (Å²) in [5.74, 6) is 0.558. The Bertz CT molecular complexity index is 233. The van der Waals surface area contributed by atoms with Crippen LogP contribution in [0.4, 0.5) is 0 Å². The van der Waals surface area contributed by atoms with Gasteiger partial charge in [0.2, 0.25) is 0 Å². The van der Waals surface area contributed by atoms with Crippen LogP contribution in [-0.4, -0.2) is 0 Å². The Labute approximate surface area is 72.1 Å². The fraction of sp³-hybridized carbons (Fsp3) is 0.333. The minimum absolute atomic E-state index is 0.558. The molecule has 0 amide bonds. The number of benzene rings is 1. The van der Waals surface area contributed by atoms with Crippen LogP contribution in [0.1, 0.15) is 25.3 Å².